The summed E-state index contributed by atoms with van der Waals surface area (Å²) in [7, 11) is 0. The first kappa shape index (κ1) is 20.9. The molecule has 0 spiro atoms. The molecule has 0 unspecified atom stereocenters. The lowest BCUT2D eigenvalue weighted by atomic mass is 10.0. The normalized spacial score (nSPS) is 11.1. The second kappa shape index (κ2) is 13.1. The van der Waals surface area contributed by atoms with Crippen LogP contribution in [0.2, 0.25) is 0 Å². The molecule has 0 bridgehead atoms. The molecule has 2 N–H and O–H groups in total. The highest BCUT2D eigenvalue weighted by Crippen LogP contribution is 2.28. The van der Waals surface area contributed by atoms with Gasteiger partial charge in [0.25, 0.3) is 0 Å². The largest absolute Gasteiger partial charge is 0.508 e. The van der Waals surface area contributed by atoms with Gasteiger partial charge in [-0.3, -0.25) is 0 Å². The molecular weight excluding hydrogens is 296 g/mol. The van der Waals surface area contributed by atoms with Gasteiger partial charge < -0.3 is 10.2 Å². The number of hydrogen-bond donors (Lipinski definition) is 2. The third kappa shape index (κ3) is 9.20. The second-order valence-electron chi connectivity index (χ2n) is 7.26. The average molecular weight is 335 g/mol. The molecule has 0 aliphatic carbocycles. The Bertz CT molecular complexity index is 440. The molecule has 0 heterocycles. The lowest BCUT2D eigenvalue weighted by molar-refractivity contribution is 0.442. The number of benzene rings is 1. The van der Waals surface area contributed by atoms with E-state index in [2.05, 4.69) is 6.92 Å². The van der Waals surface area contributed by atoms with E-state index < -0.39 is 0 Å². The minimum absolute atomic E-state index is 0.182. The number of hydrogen-bond acceptors (Lipinski definition) is 2. The molecule has 0 fully saturated rings. The van der Waals surface area contributed by atoms with E-state index in [-0.39, 0.29) is 11.5 Å². The summed E-state index contributed by atoms with van der Waals surface area (Å²) in [5, 5.41) is 19.4. The van der Waals surface area contributed by atoms with Gasteiger partial charge in [0.1, 0.15) is 11.5 Å². The predicted octanol–water partition coefficient (Wildman–Crippen LogP) is 7.04. The van der Waals surface area contributed by atoms with E-state index in [9.17, 15) is 10.2 Å². The maximum atomic E-state index is 9.85. The molecule has 2 heteroatoms. The number of aromatic hydroxyl groups is 2. The molecule has 0 radical (unpaired) electrons. The molecule has 2 nitrogen and oxygen atoms in total. The van der Waals surface area contributed by atoms with Gasteiger partial charge in [0, 0.05) is 6.07 Å². The van der Waals surface area contributed by atoms with E-state index in [0.717, 1.165) is 24.0 Å². The van der Waals surface area contributed by atoms with Gasteiger partial charge in [0.05, 0.1) is 0 Å². The van der Waals surface area contributed by atoms with Crippen molar-refractivity contribution in [2.75, 3.05) is 0 Å². The molecule has 0 saturated carbocycles. The highest BCUT2D eigenvalue weighted by Gasteiger charge is 2.05. The maximum absolute atomic E-state index is 9.85. The summed E-state index contributed by atoms with van der Waals surface area (Å²) in [6.45, 7) is 4.15. The molecule has 0 amide bonds. The first-order valence-electron chi connectivity index (χ1n) is 10.2. The molecule has 0 aliphatic heterocycles. The smallest absolute Gasteiger partial charge is 0.122 e. The molecule has 138 valence electrons. The van der Waals surface area contributed by atoms with Crippen LogP contribution in [0.4, 0.5) is 0 Å². The second-order valence-corrected chi connectivity index (χ2v) is 7.26. The molecule has 24 heavy (non-hydrogen) atoms. The number of phenols is 2. The van der Waals surface area contributed by atoms with E-state index >= 15 is 0 Å². The number of aryl methyl sites for hydroxylation is 2. The fourth-order valence-corrected chi connectivity index (χ4v) is 3.28. The van der Waals surface area contributed by atoms with E-state index in [4.69, 9.17) is 0 Å². The molecule has 1 aromatic carbocycles. The molecule has 0 aliphatic rings. The van der Waals surface area contributed by atoms with Crippen molar-refractivity contribution in [3.05, 3.63) is 23.3 Å². The van der Waals surface area contributed by atoms with Gasteiger partial charge in [-0.2, -0.15) is 0 Å². The van der Waals surface area contributed by atoms with Crippen LogP contribution in [0.3, 0.4) is 0 Å². The highest BCUT2D eigenvalue weighted by atomic mass is 16.3. The van der Waals surface area contributed by atoms with Crippen molar-refractivity contribution in [2.24, 2.45) is 0 Å². The standard InChI is InChI=1S/C22H38O2/c1-3-4-5-6-7-8-9-10-11-12-13-14-15-16-20-17-19(2)21(23)18-22(20)24/h17-18,23-24H,3-16H2,1-2H3. The lowest BCUT2D eigenvalue weighted by Gasteiger charge is -2.08. The minimum atomic E-state index is 0.182. The van der Waals surface area contributed by atoms with Gasteiger partial charge in [-0.1, -0.05) is 84.0 Å². The molecule has 0 aromatic heterocycles. The van der Waals surface area contributed by atoms with E-state index in [1.807, 2.05) is 13.0 Å². The van der Waals surface area contributed by atoms with Crippen LogP contribution < -0.4 is 0 Å². The Hall–Kier alpha value is -1.18. The molecule has 0 atom stereocenters. The van der Waals surface area contributed by atoms with Crippen LogP contribution in [0.15, 0.2) is 12.1 Å². The Morgan fingerprint density at radius 1 is 0.625 bits per heavy atom. The zero-order chi connectivity index (χ0) is 17.6. The van der Waals surface area contributed by atoms with Crippen molar-refractivity contribution < 1.29 is 10.2 Å². The van der Waals surface area contributed by atoms with Crippen molar-refractivity contribution >= 4 is 0 Å². The Kier molecular flexibility index (Phi) is 11.4. The van der Waals surface area contributed by atoms with E-state index in [1.54, 1.807) is 0 Å². The van der Waals surface area contributed by atoms with Crippen LogP contribution in [0.5, 0.6) is 11.5 Å². The van der Waals surface area contributed by atoms with Crippen molar-refractivity contribution in [3.63, 3.8) is 0 Å². The summed E-state index contributed by atoms with van der Waals surface area (Å²) in [5.74, 6) is 0.415. The van der Waals surface area contributed by atoms with Crippen molar-refractivity contribution in [2.45, 2.75) is 104 Å². The first-order valence-corrected chi connectivity index (χ1v) is 10.2. The number of rotatable bonds is 14. The molecular formula is C22H38O2. The van der Waals surface area contributed by atoms with Crippen molar-refractivity contribution in [1.29, 1.82) is 0 Å². The third-order valence-corrected chi connectivity index (χ3v) is 4.95. The van der Waals surface area contributed by atoms with E-state index in [0.29, 0.717) is 0 Å². The summed E-state index contributed by atoms with van der Waals surface area (Å²) < 4.78 is 0. The highest BCUT2D eigenvalue weighted by molar-refractivity contribution is 5.44. The summed E-state index contributed by atoms with van der Waals surface area (Å²) in [4.78, 5) is 0. The zero-order valence-electron chi connectivity index (χ0n) is 15.9. The maximum Gasteiger partial charge on any atom is 0.122 e. The molecule has 1 rings (SSSR count). The van der Waals surface area contributed by atoms with Gasteiger partial charge >= 0.3 is 0 Å². The van der Waals surface area contributed by atoms with E-state index in [1.165, 1.54) is 83.1 Å². The van der Waals surface area contributed by atoms with Crippen molar-refractivity contribution in [1.82, 2.24) is 0 Å². The first-order chi connectivity index (χ1) is 11.6. The third-order valence-electron chi connectivity index (χ3n) is 4.95. The minimum Gasteiger partial charge on any atom is -0.508 e. The van der Waals surface area contributed by atoms with Crippen LogP contribution in [0, 0.1) is 6.92 Å². The molecule has 0 saturated heterocycles. The lowest BCUT2D eigenvalue weighted by Crippen LogP contribution is -1.89. The summed E-state index contributed by atoms with van der Waals surface area (Å²) >= 11 is 0. The Morgan fingerprint density at radius 2 is 1.08 bits per heavy atom. The number of unbranched alkanes of at least 4 members (excludes halogenated alkanes) is 12. The molecule has 1 aromatic rings. The van der Waals surface area contributed by atoms with Gasteiger partial charge in [-0.15, -0.1) is 0 Å². The predicted molar refractivity (Wildman–Crippen MR) is 104 cm³/mol. The average Bonchev–Trinajstić information content (AvgIpc) is 2.56. The quantitative estimate of drug-likeness (QED) is 0.358. The van der Waals surface area contributed by atoms with Crippen LogP contribution in [-0.4, -0.2) is 10.2 Å². The Labute approximate surface area is 149 Å². The van der Waals surface area contributed by atoms with Crippen LogP contribution in [0.25, 0.3) is 0 Å². The van der Waals surface area contributed by atoms with Crippen molar-refractivity contribution in [3.8, 4) is 11.5 Å². The van der Waals surface area contributed by atoms with Gasteiger partial charge in [-0.05, 0) is 37.0 Å². The SMILES string of the molecule is CCCCCCCCCCCCCCCc1cc(C)c(O)cc1O. The van der Waals surface area contributed by atoms with Gasteiger partial charge in [-0.25, -0.2) is 0 Å². The fourth-order valence-electron chi connectivity index (χ4n) is 3.28. The fraction of sp³-hybridized carbons (Fsp3) is 0.727. The summed E-state index contributed by atoms with van der Waals surface area (Å²) in [5.41, 5.74) is 1.81. The monoisotopic (exact) mass is 334 g/mol. The van der Waals surface area contributed by atoms with Gasteiger partial charge in [0.15, 0.2) is 0 Å². The Morgan fingerprint density at radius 3 is 1.58 bits per heavy atom. The van der Waals surface area contributed by atoms with Crippen LogP contribution in [0.1, 0.15) is 102 Å². The van der Waals surface area contributed by atoms with Crippen LogP contribution in [-0.2, 0) is 6.42 Å². The topological polar surface area (TPSA) is 40.5 Å². The summed E-state index contributed by atoms with van der Waals surface area (Å²) in [6, 6.07) is 3.37. The van der Waals surface area contributed by atoms with Crippen LogP contribution >= 0.6 is 0 Å². The summed E-state index contributed by atoms with van der Waals surface area (Å²) in [6.07, 6.45) is 18.5. The Balaban J connectivity index is 1.93. The zero-order valence-corrected chi connectivity index (χ0v) is 15.9. The number of phenolic OH excluding ortho intramolecular Hbond substituents is 2. The van der Waals surface area contributed by atoms with Gasteiger partial charge in [0.2, 0.25) is 0 Å².